The highest BCUT2D eigenvalue weighted by molar-refractivity contribution is 5.78. The van der Waals surface area contributed by atoms with E-state index in [1.807, 2.05) is 42.5 Å². The van der Waals surface area contributed by atoms with Crippen LogP contribution in [0, 0.1) is 0 Å². The van der Waals surface area contributed by atoms with Gasteiger partial charge in [0.15, 0.2) is 0 Å². The van der Waals surface area contributed by atoms with Gasteiger partial charge in [-0.3, -0.25) is 9.97 Å². The van der Waals surface area contributed by atoms with Crippen LogP contribution in [-0.4, -0.2) is 15.1 Å². The van der Waals surface area contributed by atoms with Crippen molar-refractivity contribution in [2.75, 3.05) is 0 Å². The molecule has 1 aromatic carbocycles. The molecule has 3 heteroatoms. The Bertz CT molecular complexity index is 682. The van der Waals surface area contributed by atoms with Crippen LogP contribution in [0.25, 0.3) is 10.9 Å². The number of fused-ring (bicyclic) bond motifs is 1. The summed E-state index contributed by atoms with van der Waals surface area (Å²) in [5, 5.41) is 11.4. The number of aliphatic hydroxyl groups is 1. The van der Waals surface area contributed by atoms with Crippen molar-refractivity contribution in [2.45, 2.75) is 12.5 Å². The molecular formula is C16H14N2O. The molecule has 0 spiro atoms. The van der Waals surface area contributed by atoms with Gasteiger partial charge in [-0.1, -0.05) is 24.3 Å². The number of hydrogen-bond acceptors (Lipinski definition) is 3. The number of pyridine rings is 2. The Morgan fingerprint density at radius 2 is 1.95 bits per heavy atom. The summed E-state index contributed by atoms with van der Waals surface area (Å²) < 4.78 is 0. The second kappa shape index (κ2) is 5.16. The average molecular weight is 250 g/mol. The summed E-state index contributed by atoms with van der Waals surface area (Å²) in [7, 11) is 0. The number of rotatable bonds is 3. The Labute approximate surface area is 111 Å². The van der Waals surface area contributed by atoms with Gasteiger partial charge in [0.25, 0.3) is 0 Å². The average Bonchev–Trinajstić information content (AvgIpc) is 2.48. The van der Waals surface area contributed by atoms with Crippen molar-refractivity contribution in [3.05, 3.63) is 72.2 Å². The minimum Gasteiger partial charge on any atom is -0.388 e. The molecule has 0 aliphatic carbocycles. The van der Waals surface area contributed by atoms with E-state index < -0.39 is 6.10 Å². The second-order valence-corrected chi connectivity index (χ2v) is 4.54. The van der Waals surface area contributed by atoms with E-state index in [1.165, 1.54) is 0 Å². The first-order valence-electron chi connectivity index (χ1n) is 6.24. The van der Waals surface area contributed by atoms with Crippen LogP contribution in [0.15, 0.2) is 61.1 Å². The normalized spacial score (nSPS) is 12.5. The Morgan fingerprint density at radius 1 is 1.05 bits per heavy atom. The zero-order valence-electron chi connectivity index (χ0n) is 10.4. The van der Waals surface area contributed by atoms with E-state index in [9.17, 15) is 5.11 Å². The first-order valence-corrected chi connectivity index (χ1v) is 6.24. The predicted octanol–water partition coefficient (Wildman–Crippen LogP) is 2.91. The fourth-order valence-corrected chi connectivity index (χ4v) is 2.15. The van der Waals surface area contributed by atoms with E-state index in [1.54, 1.807) is 18.6 Å². The second-order valence-electron chi connectivity index (χ2n) is 4.54. The summed E-state index contributed by atoms with van der Waals surface area (Å²) in [6.07, 6.45) is 5.31. The smallest absolute Gasteiger partial charge is 0.0831 e. The molecule has 0 aliphatic heterocycles. The van der Waals surface area contributed by atoms with E-state index in [0.29, 0.717) is 6.42 Å². The molecule has 2 heterocycles. The third-order valence-electron chi connectivity index (χ3n) is 3.17. The van der Waals surface area contributed by atoms with Gasteiger partial charge in [0.2, 0.25) is 0 Å². The zero-order valence-corrected chi connectivity index (χ0v) is 10.4. The Morgan fingerprint density at radius 3 is 2.79 bits per heavy atom. The van der Waals surface area contributed by atoms with Crippen LogP contribution in [0.2, 0.25) is 0 Å². The van der Waals surface area contributed by atoms with Gasteiger partial charge in [-0.05, 0) is 29.3 Å². The molecule has 1 atom stereocenters. The highest BCUT2D eigenvalue weighted by Gasteiger charge is 2.09. The summed E-state index contributed by atoms with van der Waals surface area (Å²) in [5.74, 6) is 0. The number of aromatic nitrogens is 2. The summed E-state index contributed by atoms with van der Waals surface area (Å²) in [6.45, 7) is 0. The first kappa shape index (κ1) is 11.8. The number of hydrogen-bond donors (Lipinski definition) is 1. The number of benzene rings is 1. The highest BCUT2D eigenvalue weighted by atomic mass is 16.3. The molecule has 19 heavy (non-hydrogen) atoms. The lowest BCUT2D eigenvalue weighted by molar-refractivity contribution is 0.178. The van der Waals surface area contributed by atoms with Crippen LogP contribution in [-0.2, 0) is 6.42 Å². The summed E-state index contributed by atoms with van der Waals surface area (Å²) in [5.41, 5.74) is 2.82. The molecule has 0 aliphatic rings. The fourth-order valence-electron chi connectivity index (χ4n) is 2.15. The molecule has 2 aromatic heterocycles. The van der Waals surface area contributed by atoms with E-state index in [-0.39, 0.29) is 0 Å². The van der Waals surface area contributed by atoms with Crippen molar-refractivity contribution in [1.82, 2.24) is 9.97 Å². The highest BCUT2D eigenvalue weighted by Crippen LogP contribution is 2.21. The van der Waals surface area contributed by atoms with Crippen molar-refractivity contribution in [1.29, 1.82) is 0 Å². The Kier molecular flexibility index (Phi) is 3.21. The molecule has 0 fully saturated rings. The van der Waals surface area contributed by atoms with Gasteiger partial charge in [0, 0.05) is 30.4 Å². The standard InChI is InChI=1S/C16H14N2O/c19-16(9-12-3-1-7-17-11-12)14-6-5-13-4-2-8-18-15(13)10-14/h1-8,10-11,16,19H,9H2. The lowest BCUT2D eigenvalue weighted by Crippen LogP contribution is -2.02. The van der Waals surface area contributed by atoms with E-state index in [2.05, 4.69) is 9.97 Å². The van der Waals surface area contributed by atoms with Crippen molar-refractivity contribution in [3.63, 3.8) is 0 Å². The number of nitrogens with zero attached hydrogens (tertiary/aromatic N) is 2. The van der Waals surface area contributed by atoms with Crippen molar-refractivity contribution >= 4 is 10.9 Å². The third-order valence-corrected chi connectivity index (χ3v) is 3.17. The van der Waals surface area contributed by atoms with Crippen LogP contribution in [0.4, 0.5) is 0 Å². The summed E-state index contributed by atoms with van der Waals surface area (Å²) >= 11 is 0. The van der Waals surface area contributed by atoms with Crippen molar-refractivity contribution in [2.24, 2.45) is 0 Å². The largest absolute Gasteiger partial charge is 0.388 e. The van der Waals surface area contributed by atoms with E-state index >= 15 is 0 Å². The van der Waals surface area contributed by atoms with E-state index in [0.717, 1.165) is 22.0 Å². The topological polar surface area (TPSA) is 46.0 Å². The minimum atomic E-state index is -0.532. The van der Waals surface area contributed by atoms with Gasteiger partial charge in [0.05, 0.1) is 11.6 Å². The lowest BCUT2D eigenvalue weighted by Gasteiger charge is -2.11. The third kappa shape index (κ3) is 2.61. The molecule has 0 amide bonds. The maximum atomic E-state index is 10.3. The zero-order chi connectivity index (χ0) is 13.1. The maximum Gasteiger partial charge on any atom is 0.0831 e. The molecule has 1 unspecified atom stereocenters. The van der Waals surface area contributed by atoms with Crippen LogP contribution >= 0.6 is 0 Å². The predicted molar refractivity (Wildman–Crippen MR) is 74.6 cm³/mol. The van der Waals surface area contributed by atoms with Gasteiger partial charge < -0.3 is 5.11 Å². The molecule has 3 nitrogen and oxygen atoms in total. The minimum absolute atomic E-state index is 0.532. The van der Waals surface area contributed by atoms with Gasteiger partial charge >= 0.3 is 0 Å². The summed E-state index contributed by atoms with van der Waals surface area (Å²) in [4.78, 5) is 8.37. The monoisotopic (exact) mass is 250 g/mol. The molecule has 0 saturated carbocycles. The molecule has 0 bridgehead atoms. The summed E-state index contributed by atoms with van der Waals surface area (Å²) in [6, 6.07) is 13.7. The quantitative estimate of drug-likeness (QED) is 0.777. The van der Waals surface area contributed by atoms with Crippen LogP contribution < -0.4 is 0 Å². The molecule has 0 saturated heterocycles. The first-order chi connectivity index (χ1) is 9.33. The van der Waals surface area contributed by atoms with Gasteiger partial charge in [-0.15, -0.1) is 0 Å². The molecule has 0 radical (unpaired) electrons. The SMILES string of the molecule is OC(Cc1cccnc1)c1ccc2cccnc2c1. The maximum absolute atomic E-state index is 10.3. The molecule has 94 valence electrons. The van der Waals surface area contributed by atoms with Crippen molar-refractivity contribution < 1.29 is 5.11 Å². The van der Waals surface area contributed by atoms with Crippen LogP contribution in [0.3, 0.4) is 0 Å². The molecular weight excluding hydrogens is 236 g/mol. The molecule has 3 rings (SSSR count). The van der Waals surface area contributed by atoms with Gasteiger partial charge in [-0.25, -0.2) is 0 Å². The number of aliphatic hydroxyl groups excluding tert-OH is 1. The van der Waals surface area contributed by atoms with Crippen molar-refractivity contribution in [3.8, 4) is 0 Å². The van der Waals surface area contributed by atoms with Crippen LogP contribution in [0.5, 0.6) is 0 Å². The van der Waals surface area contributed by atoms with Gasteiger partial charge in [0.1, 0.15) is 0 Å². The Hall–Kier alpha value is -2.26. The van der Waals surface area contributed by atoms with Gasteiger partial charge in [-0.2, -0.15) is 0 Å². The van der Waals surface area contributed by atoms with Crippen LogP contribution in [0.1, 0.15) is 17.2 Å². The molecule has 3 aromatic rings. The Balaban J connectivity index is 1.87. The molecule has 1 N–H and O–H groups in total. The fraction of sp³-hybridized carbons (Fsp3) is 0.125. The van der Waals surface area contributed by atoms with E-state index in [4.69, 9.17) is 0 Å². The lowest BCUT2D eigenvalue weighted by atomic mass is 10.0.